The SMILES string of the molecule is CC(C)(CO[Si](c1ccccc1)(c1ccccc1)C(C)(C)C)Cc1c(-c2ccnc(N3CCN(C(=O)OCc4ccccc4)CC3)c2)n(C(C)(C)C#N)c2ccc(Br)cc12. The van der Waals surface area contributed by atoms with Gasteiger partial charge >= 0.3 is 6.09 Å². The number of benzene rings is 4. The van der Waals surface area contributed by atoms with Crippen molar-refractivity contribution in [1.82, 2.24) is 14.5 Å². The minimum Gasteiger partial charge on any atom is -0.445 e. The van der Waals surface area contributed by atoms with Crippen molar-refractivity contribution in [2.45, 2.75) is 72.1 Å². The van der Waals surface area contributed by atoms with Crippen LogP contribution in [0.1, 0.15) is 59.6 Å². The monoisotopic (exact) mass is 881 g/mol. The van der Waals surface area contributed by atoms with Crippen LogP contribution in [-0.4, -0.2) is 61.6 Å². The number of carbonyl (C=O) groups is 1. The van der Waals surface area contributed by atoms with E-state index in [0.29, 0.717) is 39.2 Å². The number of halogens is 1. The van der Waals surface area contributed by atoms with Gasteiger partial charge in [-0.15, -0.1) is 0 Å². The number of nitriles is 1. The number of pyridine rings is 1. The van der Waals surface area contributed by atoms with Gasteiger partial charge < -0.3 is 23.5 Å². The second-order valence-corrected chi connectivity index (χ2v) is 23.4. The van der Waals surface area contributed by atoms with E-state index in [1.54, 1.807) is 4.90 Å². The Morgan fingerprint density at radius 3 is 1.98 bits per heavy atom. The summed E-state index contributed by atoms with van der Waals surface area (Å²) in [4.78, 5) is 21.8. The van der Waals surface area contributed by atoms with E-state index < -0.39 is 13.9 Å². The Bertz CT molecular complexity index is 2430. The molecular formula is C50H56BrN5O3Si. The normalized spacial score (nSPS) is 14.0. The zero-order valence-corrected chi connectivity index (χ0v) is 38.5. The van der Waals surface area contributed by atoms with Crippen molar-refractivity contribution in [3.05, 3.63) is 143 Å². The van der Waals surface area contributed by atoms with Gasteiger partial charge in [-0.25, -0.2) is 9.78 Å². The maximum absolute atomic E-state index is 13.0. The van der Waals surface area contributed by atoms with Crippen molar-refractivity contribution in [3.63, 3.8) is 0 Å². The molecule has 60 heavy (non-hydrogen) atoms. The number of fused-ring (bicyclic) bond motifs is 1. The molecule has 4 aromatic carbocycles. The Labute approximate surface area is 365 Å². The minimum atomic E-state index is -2.81. The number of aromatic nitrogens is 2. The molecule has 8 nitrogen and oxygen atoms in total. The summed E-state index contributed by atoms with van der Waals surface area (Å²) in [5, 5.41) is 14.2. The third-order valence-corrected chi connectivity index (χ3v) is 17.2. The molecule has 1 aliphatic rings. The van der Waals surface area contributed by atoms with E-state index in [-0.39, 0.29) is 23.2 Å². The molecule has 3 heterocycles. The Morgan fingerprint density at radius 2 is 1.40 bits per heavy atom. The topological polar surface area (TPSA) is 83.6 Å². The first-order valence-corrected chi connectivity index (χ1v) is 23.5. The van der Waals surface area contributed by atoms with Crippen LogP contribution in [0.3, 0.4) is 0 Å². The lowest BCUT2D eigenvalue weighted by Crippen LogP contribution is -2.67. The zero-order chi connectivity index (χ0) is 42.7. The van der Waals surface area contributed by atoms with Gasteiger partial charge in [0.2, 0.25) is 0 Å². The van der Waals surface area contributed by atoms with Crippen molar-refractivity contribution < 1.29 is 14.0 Å². The summed E-state index contributed by atoms with van der Waals surface area (Å²) in [6, 6.07) is 44.5. The molecule has 6 aromatic rings. The van der Waals surface area contributed by atoms with Crippen LogP contribution in [0.4, 0.5) is 10.6 Å². The van der Waals surface area contributed by atoms with E-state index in [1.807, 2.05) is 50.4 Å². The average Bonchev–Trinajstić information content (AvgIpc) is 3.56. The number of rotatable bonds is 12. The van der Waals surface area contributed by atoms with Gasteiger partial charge in [0.15, 0.2) is 0 Å². The molecule has 0 atom stereocenters. The molecular weight excluding hydrogens is 827 g/mol. The van der Waals surface area contributed by atoms with E-state index in [0.717, 1.165) is 43.6 Å². The number of nitrogens with zero attached hydrogens (tertiary/aromatic N) is 5. The molecule has 0 radical (unpaired) electrons. The van der Waals surface area contributed by atoms with Crippen molar-refractivity contribution in [2.24, 2.45) is 5.41 Å². The minimum absolute atomic E-state index is 0.157. The largest absolute Gasteiger partial charge is 0.445 e. The van der Waals surface area contributed by atoms with Crippen LogP contribution in [0.25, 0.3) is 22.2 Å². The molecule has 10 heteroatoms. The van der Waals surface area contributed by atoms with Crippen LogP contribution in [0.5, 0.6) is 0 Å². The molecule has 1 fully saturated rings. The van der Waals surface area contributed by atoms with Gasteiger partial charge in [-0.3, -0.25) is 0 Å². The van der Waals surface area contributed by atoms with Crippen LogP contribution in [0.2, 0.25) is 5.04 Å². The summed E-state index contributed by atoms with van der Waals surface area (Å²) in [5.41, 5.74) is 3.92. The standard InChI is InChI=1S/C50H56BrN5O3Si/c1-48(2,3)60(40-19-13-9-14-20-40,41-21-15-10-16-22-41)59-36-49(4,5)33-43-42-32-39(51)23-24-44(42)56(50(6,7)35-52)46(43)38-25-26-53-45(31-38)54-27-29-55(30-28-54)47(57)58-34-37-17-11-8-12-18-37/h8-26,31-32H,27-30,33-34,36H2,1-7H3. The van der Waals surface area contributed by atoms with E-state index in [2.05, 4.69) is 157 Å². The zero-order valence-electron chi connectivity index (χ0n) is 35.9. The van der Waals surface area contributed by atoms with Crippen LogP contribution in [-0.2, 0) is 27.7 Å². The maximum Gasteiger partial charge on any atom is 0.410 e. The number of piperazine rings is 1. The second kappa shape index (κ2) is 17.4. The summed E-state index contributed by atoms with van der Waals surface area (Å²) in [5.74, 6) is 0.831. The smallest absolute Gasteiger partial charge is 0.410 e. The van der Waals surface area contributed by atoms with Gasteiger partial charge in [-0.05, 0) is 82.6 Å². The fraction of sp³-hybridized carbons (Fsp3) is 0.340. The molecule has 1 amide bonds. The highest BCUT2D eigenvalue weighted by Gasteiger charge is 2.51. The molecule has 7 rings (SSSR count). The highest BCUT2D eigenvalue weighted by Crippen LogP contribution is 2.44. The van der Waals surface area contributed by atoms with Gasteiger partial charge in [0, 0.05) is 54.4 Å². The van der Waals surface area contributed by atoms with Crippen molar-refractivity contribution >= 4 is 57.4 Å². The highest BCUT2D eigenvalue weighted by atomic mass is 79.9. The first kappa shape index (κ1) is 42.9. The Kier molecular flexibility index (Phi) is 12.4. The molecule has 0 unspecified atom stereocenters. The molecule has 0 bridgehead atoms. The Hall–Kier alpha value is -5.21. The third kappa shape index (κ3) is 8.81. The molecule has 1 aliphatic heterocycles. The lowest BCUT2D eigenvalue weighted by molar-refractivity contribution is 0.0941. The highest BCUT2D eigenvalue weighted by molar-refractivity contribution is 9.10. The Balaban J connectivity index is 1.23. The fourth-order valence-electron chi connectivity index (χ4n) is 8.70. The van der Waals surface area contributed by atoms with E-state index in [1.165, 1.54) is 10.4 Å². The number of carbonyl (C=O) groups excluding carboxylic acids is 1. The lowest BCUT2D eigenvalue weighted by atomic mass is 9.84. The molecule has 0 N–H and O–H groups in total. The molecule has 0 aliphatic carbocycles. The summed E-state index contributed by atoms with van der Waals surface area (Å²) in [7, 11) is -2.81. The van der Waals surface area contributed by atoms with Gasteiger partial charge in [-0.2, -0.15) is 5.26 Å². The molecule has 310 valence electrons. The second-order valence-electron chi connectivity index (χ2n) is 18.2. The van der Waals surface area contributed by atoms with E-state index in [4.69, 9.17) is 14.1 Å². The summed E-state index contributed by atoms with van der Waals surface area (Å²) in [6.45, 7) is 18.6. The molecule has 0 spiro atoms. The van der Waals surface area contributed by atoms with Gasteiger partial charge in [0.1, 0.15) is 18.0 Å². The number of hydrogen-bond donors (Lipinski definition) is 0. The van der Waals surface area contributed by atoms with E-state index >= 15 is 0 Å². The molecule has 2 aromatic heterocycles. The molecule has 0 saturated carbocycles. The van der Waals surface area contributed by atoms with Crippen molar-refractivity contribution in [3.8, 4) is 17.3 Å². The first-order valence-electron chi connectivity index (χ1n) is 20.8. The van der Waals surface area contributed by atoms with Crippen molar-refractivity contribution in [1.29, 1.82) is 5.26 Å². The van der Waals surface area contributed by atoms with E-state index in [9.17, 15) is 10.1 Å². The summed E-state index contributed by atoms with van der Waals surface area (Å²) in [6.07, 6.45) is 2.26. The van der Waals surface area contributed by atoms with Crippen molar-refractivity contribution in [2.75, 3.05) is 37.7 Å². The third-order valence-electron chi connectivity index (χ3n) is 11.7. The van der Waals surface area contributed by atoms with Gasteiger partial charge in [0.25, 0.3) is 8.32 Å². The summed E-state index contributed by atoms with van der Waals surface area (Å²) < 4.78 is 16.4. The van der Waals surface area contributed by atoms with Crippen LogP contribution in [0, 0.1) is 16.7 Å². The van der Waals surface area contributed by atoms with Crippen LogP contribution < -0.4 is 15.3 Å². The Morgan fingerprint density at radius 1 is 0.800 bits per heavy atom. The average molecular weight is 883 g/mol. The predicted molar refractivity (Wildman–Crippen MR) is 249 cm³/mol. The van der Waals surface area contributed by atoms with Crippen LogP contribution >= 0.6 is 15.9 Å². The quantitative estimate of drug-likeness (QED) is 0.114. The number of anilines is 1. The number of amides is 1. The fourth-order valence-corrected chi connectivity index (χ4v) is 13.8. The first-order chi connectivity index (χ1) is 28.6. The number of hydrogen-bond acceptors (Lipinski definition) is 6. The predicted octanol–water partition coefficient (Wildman–Crippen LogP) is 10.3. The van der Waals surface area contributed by atoms with Crippen LogP contribution in [0.15, 0.2) is 132 Å². The maximum atomic E-state index is 13.0. The lowest BCUT2D eigenvalue weighted by Gasteiger charge is -2.44. The number of ether oxygens (including phenoxy) is 1. The molecule has 1 saturated heterocycles. The van der Waals surface area contributed by atoms with Gasteiger partial charge in [0.05, 0.1) is 17.3 Å². The van der Waals surface area contributed by atoms with Gasteiger partial charge in [-0.1, -0.05) is 142 Å². The summed E-state index contributed by atoms with van der Waals surface area (Å²) >= 11 is 3.79.